The van der Waals surface area contributed by atoms with E-state index in [0.29, 0.717) is 13.1 Å². The maximum Gasteiger partial charge on any atom is 0.325 e. The third-order valence-electron chi connectivity index (χ3n) is 2.33. The number of carbonyl (C=O) groups excluding carboxylic acids is 1. The van der Waals surface area contributed by atoms with Crippen LogP contribution in [0.1, 0.15) is 20.3 Å². The van der Waals surface area contributed by atoms with E-state index in [2.05, 4.69) is 11.4 Å². The van der Waals surface area contributed by atoms with Gasteiger partial charge < -0.3 is 15.3 Å². The summed E-state index contributed by atoms with van der Waals surface area (Å²) in [5.41, 5.74) is 1.14. The molecule has 0 aromatic rings. The zero-order chi connectivity index (χ0) is 11.4. The Kier molecular flexibility index (Phi) is 3.71. The van der Waals surface area contributed by atoms with Gasteiger partial charge in [0.05, 0.1) is 0 Å². The zero-order valence-electron chi connectivity index (χ0n) is 8.99. The lowest BCUT2D eigenvalue weighted by Gasteiger charge is -2.27. The van der Waals surface area contributed by atoms with Crippen LogP contribution in [-0.2, 0) is 4.79 Å². The van der Waals surface area contributed by atoms with Gasteiger partial charge in [-0.3, -0.25) is 4.79 Å². The predicted octanol–water partition coefficient (Wildman–Crippen LogP) is 0.821. The van der Waals surface area contributed by atoms with E-state index in [9.17, 15) is 9.59 Å². The summed E-state index contributed by atoms with van der Waals surface area (Å²) in [6, 6.07) is -1.15. The van der Waals surface area contributed by atoms with Gasteiger partial charge in [0.25, 0.3) is 0 Å². The second-order valence-electron chi connectivity index (χ2n) is 3.77. The Balaban J connectivity index is 2.47. The highest BCUT2D eigenvalue weighted by molar-refractivity contribution is 5.82. The molecule has 1 atom stereocenters. The molecule has 1 rings (SSSR count). The van der Waals surface area contributed by atoms with Crippen molar-refractivity contribution in [3.63, 3.8) is 0 Å². The maximum atomic E-state index is 11.6. The summed E-state index contributed by atoms with van der Waals surface area (Å²) in [5, 5.41) is 11.1. The molecule has 0 unspecified atom stereocenters. The Morgan fingerprint density at radius 2 is 2.27 bits per heavy atom. The molecule has 2 amide bonds. The van der Waals surface area contributed by atoms with Crippen molar-refractivity contribution in [1.82, 2.24) is 10.2 Å². The number of carboxylic acids is 1. The number of rotatable bonds is 2. The monoisotopic (exact) mass is 212 g/mol. The number of urea groups is 1. The van der Waals surface area contributed by atoms with E-state index in [1.54, 1.807) is 4.90 Å². The summed E-state index contributed by atoms with van der Waals surface area (Å²) >= 11 is 0. The molecule has 0 aromatic heterocycles. The molecule has 0 bridgehead atoms. The van der Waals surface area contributed by atoms with E-state index in [0.717, 1.165) is 12.0 Å². The molecule has 0 aromatic carbocycles. The number of nitrogens with zero attached hydrogens (tertiary/aromatic N) is 1. The minimum Gasteiger partial charge on any atom is -0.480 e. The first-order valence-corrected chi connectivity index (χ1v) is 4.94. The minimum absolute atomic E-state index is 0.308. The van der Waals surface area contributed by atoms with Gasteiger partial charge in [-0.25, -0.2) is 4.79 Å². The molecule has 1 aliphatic rings. The van der Waals surface area contributed by atoms with Gasteiger partial charge in [0, 0.05) is 13.1 Å². The Morgan fingerprint density at radius 1 is 1.60 bits per heavy atom. The van der Waals surface area contributed by atoms with Gasteiger partial charge >= 0.3 is 12.0 Å². The molecule has 5 nitrogen and oxygen atoms in total. The number of hydrogen-bond acceptors (Lipinski definition) is 2. The number of nitrogens with one attached hydrogen (secondary N) is 1. The lowest BCUT2D eigenvalue weighted by molar-refractivity contribution is -0.138. The third-order valence-corrected chi connectivity index (χ3v) is 2.33. The predicted molar refractivity (Wildman–Crippen MR) is 55.6 cm³/mol. The molecule has 0 radical (unpaired) electrons. The van der Waals surface area contributed by atoms with Gasteiger partial charge in [-0.1, -0.05) is 11.6 Å². The first-order valence-electron chi connectivity index (χ1n) is 4.94. The van der Waals surface area contributed by atoms with Gasteiger partial charge in [-0.15, -0.1) is 0 Å². The van der Waals surface area contributed by atoms with Gasteiger partial charge in [-0.05, 0) is 20.3 Å². The van der Waals surface area contributed by atoms with E-state index in [-0.39, 0.29) is 6.03 Å². The first kappa shape index (κ1) is 11.6. The third kappa shape index (κ3) is 3.27. The van der Waals surface area contributed by atoms with Crippen LogP contribution < -0.4 is 5.32 Å². The largest absolute Gasteiger partial charge is 0.480 e. The summed E-state index contributed by atoms with van der Waals surface area (Å²) < 4.78 is 0. The maximum absolute atomic E-state index is 11.6. The SMILES string of the molecule is CC1=CCCN(C(=O)N[C@@H](C)C(=O)O)C1. The van der Waals surface area contributed by atoms with Crippen molar-refractivity contribution in [1.29, 1.82) is 0 Å². The Morgan fingerprint density at radius 3 is 2.80 bits per heavy atom. The second kappa shape index (κ2) is 4.82. The van der Waals surface area contributed by atoms with Crippen molar-refractivity contribution in [3.05, 3.63) is 11.6 Å². The Bertz CT molecular complexity index is 299. The standard InChI is InChI=1S/C10H16N2O3/c1-7-4-3-5-12(6-7)10(15)11-8(2)9(13)14/h4,8H,3,5-6H2,1-2H3,(H,11,15)(H,13,14)/t8-/m0/s1. The van der Waals surface area contributed by atoms with Gasteiger partial charge in [-0.2, -0.15) is 0 Å². The van der Waals surface area contributed by atoms with Gasteiger partial charge in [0.15, 0.2) is 0 Å². The van der Waals surface area contributed by atoms with Gasteiger partial charge in [0.1, 0.15) is 6.04 Å². The molecule has 0 fully saturated rings. The van der Waals surface area contributed by atoms with Crippen LogP contribution in [0.3, 0.4) is 0 Å². The van der Waals surface area contributed by atoms with E-state index < -0.39 is 12.0 Å². The highest BCUT2D eigenvalue weighted by atomic mass is 16.4. The Labute approximate surface area is 88.8 Å². The van der Waals surface area contributed by atoms with E-state index in [4.69, 9.17) is 5.11 Å². The zero-order valence-corrected chi connectivity index (χ0v) is 8.99. The topological polar surface area (TPSA) is 69.6 Å². The molecule has 0 spiro atoms. The highest BCUT2D eigenvalue weighted by Crippen LogP contribution is 2.08. The number of carboxylic acid groups (broad SMARTS) is 1. The molecule has 0 saturated carbocycles. The summed E-state index contributed by atoms with van der Waals surface area (Å²) in [6.45, 7) is 4.64. The number of amides is 2. The Hall–Kier alpha value is -1.52. The highest BCUT2D eigenvalue weighted by Gasteiger charge is 2.20. The molecular formula is C10H16N2O3. The molecular weight excluding hydrogens is 196 g/mol. The van der Waals surface area contributed by atoms with Crippen LogP contribution in [0.4, 0.5) is 4.79 Å². The fraction of sp³-hybridized carbons (Fsp3) is 0.600. The fourth-order valence-corrected chi connectivity index (χ4v) is 1.42. The van der Waals surface area contributed by atoms with E-state index >= 15 is 0 Å². The van der Waals surface area contributed by atoms with Crippen LogP contribution in [0.5, 0.6) is 0 Å². The molecule has 2 N–H and O–H groups in total. The summed E-state index contributed by atoms with van der Waals surface area (Å²) in [6.07, 6.45) is 2.92. The van der Waals surface area contributed by atoms with Crippen molar-refractivity contribution in [3.8, 4) is 0 Å². The molecule has 15 heavy (non-hydrogen) atoms. The normalized spacial score (nSPS) is 18.0. The summed E-state index contributed by atoms with van der Waals surface area (Å²) in [7, 11) is 0. The second-order valence-corrected chi connectivity index (χ2v) is 3.77. The van der Waals surface area contributed by atoms with Crippen LogP contribution in [0.2, 0.25) is 0 Å². The van der Waals surface area contributed by atoms with Crippen molar-refractivity contribution in [2.75, 3.05) is 13.1 Å². The van der Waals surface area contributed by atoms with Crippen LogP contribution in [0.15, 0.2) is 11.6 Å². The number of aliphatic carboxylic acids is 1. The summed E-state index contributed by atoms with van der Waals surface area (Å²) in [5.74, 6) is -1.02. The number of hydrogen-bond donors (Lipinski definition) is 2. The quantitative estimate of drug-likeness (QED) is 0.666. The van der Waals surface area contributed by atoms with Crippen molar-refractivity contribution in [2.45, 2.75) is 26.3 Å². The van der Waals surface area contributed by atoms with E-state index in [1.165, 1.54) is 6.92 Å². The van der Waals surface area contributed by atoms with Crippen LogP contribution in [0, 0.1) is 0 Å². The molecule has 5 heteroatoms. The average molecular weight is 212 g/mol. The lowest BCUT2D eigenvalue weighted by atomic mass is 10.1. The van der Waals surface area contributed by atoms with Crippen LogP contribution in [-0.4, -0.2) is 41.1 Å². The lowest BCUT2D eigenvalue weighted by Crippen LogP contribution is -2.48. The van der Waals surface area contributed by atoms with Crippen LogP contribution in [0.25, 0.3) is 0 Å². The molecule has 1 aliphatic heterocycles. The van der Waals surface area contributed by atoms with E-state index in [1.807, 2.05) is 6.92 Å². The van der Waals surface area contributed by atoms with Gasteiger partial charge in [0.2, 0.25) is 0 Å². The van der Waals surface area contributed by atoms with Crippen LogP contribution >= 0.6 is 0 Å². The number of carbonyl (C=O) groups is 2. The van der Waals surface area contributed by atoms with Crippen molar-refractivity contribution in [2.24, 2.45) is 0 Å². The minimum atomic E-state index is -1.02. The molecule has 84 valence electrons. The molecule has 0 saturated heterocycles. The smallest absolute Gasteiger partial charge is 0.325 e. The first-order chi connectivity index (χ1) is 7.00. The molecule has 0 aliphatic carbocycles. The average Bonchev–Trinajstić information content (AvgIpc) is 2.17. The van der Waals surface area contributed by atoms with Crippen molar-refractivity contribution < 1.29 is 14.7 Å². The fourth-order valence-electron chi connectivity index (χ4n) is 1.42. The van der Waals surface area contributed by atoms with Crippen molar-refractivity contribution >= 4 is 12.0 Å². The summed E-state index contributed by atoms with van der Waals surface area (Å²) in [4.78, 5) is 23.7. The molecule has 1 heterocycles.